The average Bonchev–Trinajstić information content (AvgIpc) is 2.55. The Morgan fingerprint density at radius 3 is 3.00 bits per heavy atom. The summed E-state index contributed by atoms with van der Waals surface area (Å²) in [4.78, 5) is 12.0. The van der Waals surface area contributed by atoms with Crippen molar-refractivity contribution in [3.05, 3.63) is 12.2 Å². The molecule has 3 rings (SSSR count). The summed E-state index contributed by atoms with van der Waals surface area (Å²) >= 11 is 0. The Kier molecular flexibility index (Phi) is 2.17. The number of allylic oxidation sites excluding steroid dienone is 1. The number of carbonyl (C=O) groups excluding carboxylic acids is 1. The molecule has 0 aromatic rings. The van der Waals surface area contributed by atoms with E-state index in [1.165, 1.54) is 19.3 Å². The van der Waals surface area contributed by atoms with Crippen LogP contribution in [-0.2, 0) is 9.53 Å². The average molecular weight is 220 g/mol. The second-order valence-electron chi connectivity index (χ2n) is 6.06. The van der Waals surface area contributed by atoms with Crippen molar-refractivity contribution >= 4 is 5.97 Å². The number of ether oxygens (including phenoxy) is 1. The van der Waals surface area contributed by atoms with Gasteiger partial charge in [-0.15, -0.1) is 0 Å². The van der Waals surface area contributed by atoms with Gasteiger partial charge in [-0.05, 0) is 37.5 Å². The first kappa shape index (κ1) is 10.4. The van der Waals surface area contributed by atoms with Crippen LogP contribution in [0.25, 0.3) is 0 Å². The fraction of sp³-hybridized carbons (Fsp3) is 0.786. The van der Waals surface area contributed by atoms with E-state index in [1.54, 1.807) is 0 Å². The van der Waals surface area contributed by atoms with Gasteiger partial charge in [0.2, 0.25) is 0 Å². The Bertz CT molecular complexity index is 347. The molecule has 0 N–H and O–H groups in total. The van der Waals surface area contributed by atoms with Gasteiger partial charge in [-0.3, -0.25) is 4.79 Å². The van der Waals surface area contributed by atoms with Crippen molar-refractivity contribution in [1.82, 2.24) is 0 Å². The van der Waals surface area contributed by atoms with Gasteiger partial charge in [0.05, 0.1) is 12.0 Å². The molecule has 1 saturated carbocycles. The van der Waals surface area contributed by atoms with Crippen LogP contribution < -0.4 is 0 Å². The van der Waals surface area contributed by atoms with E-state index in [4.69, 9.17) is 4.74 Å². The van der Waals surface area contributed by atoms with Crippen LogP contribution in [0.15, 0.2) is 12.2 Å². The van der Waals surface area contributed by atoms with E-state index in [1.807, 2.05) is 0 Å². The van der Waals surface area contributed by atoms with E-state index in [2.05, 4.69) is 26.0 Å². The van der Waals surface area contributed by atoms with E-state index in [0.29, 0.717) is 24.4 Å². The minimum Gasteiger partial charge on any atom is -0.465 e. The van der Waals surface area contributed by atoms with E-state index in [0.717, 1.165) is 5.92 Å². The zero-order valence-corrected chi connectivity index (χ0v) is 10.1. The van der Waals surface area contributed by atoms with E-state index < -0.39 is 0 Å². The lowest BCUT2D eigenvalue weighted by atomic mass is 9.56. The first-order valence-electron chi connectivity index (χ1n) is 6.48. The van der Waals surface area contributed by atoms with Crippen LogP contribution in [-0.4, -0.2) is 12.6 Å². The summed E-state index contributed by atoms with van der Waals surface area (Å²) in [6, 6.07) is 0. The zero-order valence-electron chi connectivity index (χ0n) is 10.1. The van der Waals surface area contributed by atoms with Gasteiger partial charge >= 0.3 is 5.97 Å². The maximum atomic E-state index is 12.0. The molecule has 88 valence electrons. The zero-order chi connectivity index (χ0) is 11.3. The van der Waals surface area contributed by atoms with Crippen molar-refractivity contribution in [3.8, 4) is 0 Å². The van der Waals surface area contributed by atoms with E-state index >= 15 is 0 Å². The summed E-state index contributed by atoms with van der Waals surface area (Å²) in [5.74, 6) is 2.31. The number of carbonyl (C=O) groups is 1. The molecule has 2 fully saturated rings. The smallest absolute Gasteiger partial charge is 0.312 e. The molecule has 0 bridgehead atoms. The van der Waals surface area contributed by atoms with Gasteiger partial charge in [0.1, 0.15) is 0 Å². The molecule has 0 aromatic carbocycles. The maximum absolute atomic E-state index is 12.0. The molecule has 16 heavy (non-hydrogen) atoms. The number of hydrogen-bond acceptors (Lipinski definition) is 2. The Morgan fingerprint density at radius 1 is 1.38 bits per heavy atom. The Hall–Kier alpha value is -0.790. The quantitative estimate of drug-likeness (QED) is 0.463. The summed E-state index contributed by atoms with van der Waals surface area (Å²) in [6.45, 7) is 5.06. The molecule has 2 aliphatic carbocycles. The summed E-state index contributed by atoms with van der Waals surface area (Å²) in [5, 5.41) is 0. The summed E-state index contributed by atoms with van der Waals surface area (Å²) in [6.07, 6.45) is 8.30. The van der Waals surface area contributed by atoms with E-state index in [9.17, 15) is 4.79 Å². The molecule has 1 heterocycles. The topological polar surface area (TPSA) is 26.3 Å². The molecule has 1 saturated heterocycles. The van der Waals surface area contributed by atoms with Gasteiger partial charge in [0.15, 0.2) is 0 Å². The fourth-order valence-corrected chi connectivity index (χ4v) is 3.99. The monoisotopic (exact) mass is 220 g/mol. The number of hydrogen-bond donors (Lipinski definition) is 0. The van der Waals surface area contributed by atoms with Gasteiger partial charge in [-0.1, -0.05) is 25.5 Å². The van der Waals surface area contributed by atoms with Gasteiger partial charge < -0.3 is 4.74 Å². The van der Waals surface area contributed by atoms with Crippen LogP contribution in [0.2, 0.25) is 0 Å². The molecule has 0 amide bonds. The molecule has 0 unspecified atom stereocenters. The van der Waals surface area contributed by atoms with Crippen LogP contribution in [0.3, 0.4) is 0 Å². The first-order chi connectivity index (χ1) is 7.62. The highest BCUT2D eigenvalue weighted by atomic mass is 16.5. The van der Waals surface area contributed by atoms with Crippen LogP contribution in [0.1, 0.15) is 33.1 Å². The van der Waals surface area contributed by atoms with Gasteiger partial charge in [-0.2, -0.15) is 0 Å². The second-order valence-corrected chi connectivity index (χ2v) is 6.06. The lowest BCUT2D eigenvalue weighted by Gasteiger charge is -2.45. The highest BCUT2D eigenvalue weighted by molar-refractivity contribution is 5.80. The highest BCUT2D eigenvalue weighted by Crippen LogP contribution is 2.54. The summed E-state index contributed by atoms with van der Waals surface area (Å²) < 4.78 is 5.29. The lowest BCUT2D eigenvalue weighted by Crippen LogP contribution is -2.45. The normalized spacial score (nSPS) is 50.8. The summed E-state index contributed by atoms with van der Waals surface area (Å²) in [5.41, 5.74) is -0.223. The molecule has 2 nitrogen and oxygen atoms in total. The lowest BCUT2D eigenvalue weighted by molar-refractivity contribution is -0.150. The molecule has 5 atom stereocenters. The van der Waals surface area contributed by atoms with Crippen molar-refractivity contribution in [2.75, 3.05) is 6.61 Å². The van der Waals surface area contributed by atoms with Gasteiger partial charge in [-0.25, -0.2) is 0 Å². The Balaban J connectivity index is 1.96. The molecule has 1 aliphatic heterocycles. The first-order valence-corrected chi connectivity index (χ1v) is 6.48. The molecule has 0 spiro atoms. The number of cyclic esters (lactones) is 1. The maximum Gasteiger partial charge on any atom is 0.312 e. The van der Waals surface area contributed by atoms with Crippen LogP contribution >= 0.6 is 0 Å². The third-order valence-electron chi connectivity index (χ3n) is 5.13. The van der Waals surface area contributed by atoms with Crippen molar-refractivity contribution in [1.29, 1.82) is 0 Å². The summed E-state index contributed by atoms with van der Waals surface area (Å²) in [7, 11) is 0. The predicted octanol–water partition coefficient (Wildman–Crippen LogP) is 2.79. The van der Waals surface area contributed by atoms with Crippen molar-refractivity contribution in [3.63, 3.8) is 0 Å². The van der Waals surface area contributed by atoms with Crippen molar-refractivity contribution in [2.45, 2.75) is 33.1 Å². The molecular formula is C14H20O2. The van der Waals surface area contributed by atoms with Crippen LogP contribution in [0, 0.1) is 29.1 Å². The van der Waals surface area contributed by atoms with Crippen molar-refractivity contribution < 1.29 is 9.53 Å². The largest absolute Gasteiger partial charge is 0.465 e. The standard InChI is InChI=1S/C14H20O2/c1-9-3-6-12-10(7-9)4-5-11-8-16-13(15)14(11,12)2/h4-5,9-12H,3,6-8H2,1-2H3/t9-,10-,11+,12-,14+/m0/s1. The number of esters is 1. The molecular weight excluding hydrogens is 200 g/mol. The highest BCUT2D eigenvalue weighted by Gasteiger charge is 2.56. The van der Waals surface area contributed by atoms with Gasteiger partial charge in [0.25, 0.3) is 0 Å². The number of rotatable bonds is 0. The Labute approximate surface area is 97.1 Å². The molecule has 0 radical (unpaired) electrons. The predicted molar refractivity (Wildman–Crippen MR) is 61.7 cm³/mol. The third-order valence-corrected chi connectivity index (χ3v) is 5.13. The molecule has 2 heteroatoms. The number of fused-ring (bicyclic) bond motifs is 3. The van der Waals surface area contributed by atoms with Crippen LogP contribution in [0.5, 0.6) is 0 Å². The second kappa shape index (κ2) is 3.35. The SMILES string of the molecule is C[C@H]1CC[C@H]2[C@@H](C=C[C@@H]3COC(=O)[C@]32C)C1. The minimum atomic E-state index is -0.223. The molecule has 3 aliphatic rings. The third kappa shape index (κ3) is 1.22. The molecule has 0 aromatic heterocycles. The van der Waals surface area contributed by atoms with E-state index in [-0.39, 0.29) is 11.4 Å². The van der Waals surface area contributed by atoms with Crippen LogP contribution in [0.4, 0.5) is 0 Å². The Morgan fingerprint density at radius 2 is 2.19 bits per heavy atom. The van der Waals surface area contributed by atoms with Gasteiger partial charge in [0, 0.05) is 5.92 Å². The fourth-order valence-electron chi connectivity index (χ4n) is 3.99. The minimum absolute atomic E-state index is 0.0476. The van der Waals surface area contributed by atoms with Crippen molar-refractivity contribution in [2.24, 2.45) is 29.1 Å².